The van der Waals surface area contributed by atoms with Gasteiger partial charge in [0.25, 0.3) is 0 Å². The van der Waals surface area contributed by atoms with Crippen LogP contribution in [-0.2, 0) is 10.1 Å². The van der Waals surface area contributed by atoms with Gasteiger partial charge in [0.2, 0.25) is 0 Å². The molecule has 4 aliphatic rings. The van der Waals surface area contributed by atoms with E-state index in [1.165, 1.54) is 0 Å². The highest BCUT2D eigenvalue weighted by atomic mass is 32.2. The van der Waals surface area contributed by atoms with Gasteiger partial charge in [0.1, 0.15) is 0 Å². The Morgan fingerprint density at radius 2 is 1.72 bits per heavy atom. The third-order valence-corrected chi connectivity index (χ3v) is 7.40. The lowest BCUT2D eigenvalue weighted by atomic mass is 9.29. The molecule has 4 aliphatic carbocycles. The molecular weight excluding hydrogens is 262 g/mol. The zero-order chi connectivity index (χ0) is 13.0. The number of rotatable bonds is 3. The van der Waals surface area contributed by atoms with Crippen molar-refractivity contribution >= 4 is 10.1 Å². The van der Waals surface area contributed by atoms with Crippen molar-refractivity contribution in [1.29, 1.82) is 0 Å². The van der Waals surface area contributed by atoms with Gasteiger partial charge in [-0.3, -0.25) is 4.55 Å². The molecule has 3 nitrogen and oxygen atoms in total. The normalized spacial score (nSPS) is 52.7. The van der Waals surface area contributed by atoms with E-state index in [1.54, 1.807) is 0 Å². The molecule has 102 valence electrons. The average Bonchev–Trinajstić information content (AvgIpc) is 2.67. The second-order valence-corrected chi connectivity index (χ2v) is 8.50. The molecular formula is C12H16F2O3S. The Hall–Kier alpha value is -0.230. The van der Waals surface area contributed by atoms with Crippen LogP contribution in [0.4, 0.5) is 8.78 Å². The van der Waals surface area contributed by atoms with E-state index in [2.05, 4.69) is 0 Å². The van der Waals surface area contributed by atoms with Crippen molar-refractivity contribution in [2.45, 2.75) is 43.8 Å². The molecule has 0 radical (unpaired) electrons. The molecule has 0 amide bonds. The summed E-state index contributed by atoms with van der Waals surface area (Å²) in [6.07, 6.45) is 4.13. The van der Waals surface area contributed by atoms with Gasteiger partial charge in [0, 0.05) is 6.42 Å². The van der Waals surface area contributed by atoms with Crippen molar-refractivity contribution < 1.29 is 21.8 Å². The Morgan fingerprint density at radius 3 is 2.17 bits per heavy atom. The van der Waals surface area contributed by atoms with Crippen LogP contribution in [-0.4, -0.2) is 18.2 Å². The molecule has 0 aromatic heterocycles. The zero-order valence-electron chi connectivity index (χ0n) is 9.90. The molecule has 0 aromatic carbocycles. The Bertz CT molecular complexity index is 511. The highest BCUT2D eigenvalue weighted by Crippen LogP contribution is 2.88. The number of halogens is 2. The summed E-state index contributed by atoms with van der Waals surface area (Å²) in [5.74, 6) is 1.78. The van der Waals surface area contributed by atoms with Crippen LogP contribution in [0.2, 0.25) is 0 Å². The van der Waals surface area contributed by atoms with Crippen molar-refractivity contribution in [3.63, 3.8) is 0 Å². The molecule has 0 aliphatic heterocycles. The van der Waals surface area contributed by atoms with E-state index < -0.39 is 27.2 Å². The van der Waals surface area contributed by atoms with Crippen molar-refractivity contribution in [2.75, 3.05) is 0 Å². The SMILES string of the molecule is O=S(=O)(O)C(F)(F)CC12CC3CC4CC(C1)C32C4. The van der Waals surface area contributed by atoms with Crippen LogP contribution in [0.3, 0.4) is 0 Å². The number of hydrogen-bond donors (Lipinski definition) is 1. The summed E-state index contributed by atoms with van der Waals surface area (Å²) in [6.45, 7) is 0. The predicted octanol–water partition coefficient (Wildman–Crippen LogP) is 2.68. The molecule has 1 N–H and O–H groups in total. The highest BCUT2D eigenvalue weighted by molar-refractivity contribution is 7.86. The summed E-state index contributed by atoms with van der Waals surface area (Å²) < 4.78 is 57.5. The average molecular weight is 278 g/mol. The third-order valence-electron chi connectivity index (χ3n) is 6.50. The number of alkyl halides is 2. The second-order valence-electron chi connectivity index (χ2n) is 6.95. The fourth-order valence-electron chi connectivity index (χ4n) is 6.18. The summed E-state index contributed by atoms with van der Waals surface area (Å²) in [7, 11) is -5.27. The Kier molecular flexibility index (Phi) is 1.79. The van der Waals surface area contributed by atoms with Gasteiger partial charge < -0.3 is 0 Å². The molecule has 0 saturated heterocycles. The Labute approximate surface area is 105 Å². The molecule has 6 heteroatoms. The molecule has 18 heavy (non-hydrogen) atoms. The van der Waals surface area contributed by atoms with E-state index in [4.69, 9.17) is 4.55 Å². The van der Waals surface area contributed by atoms with Crippen LogP contribution in [0.5, 0.6) is 0 Å². The van der Waals surface area contributed by atoms with Crippen LogP contribution in [0.15, 0.2) is 0 Å². The molecule has 0 heterocycles. The maximum atomic E-state index is 13.6. The van der Waals surface area contributed by atoms with Crippen LogP contribution < -0.4 is 0 Å². The summed E-state index contributed by atoms with van der Waals surface area (Å²) >= 11 is 0. The van der Waals surface area contributed by atoms with E-state index in [-0.39, 0.29) is 5.41 Å². The second kappa shape index (κ2) is 2.77. The van der Waals surface area contributed by atoms with E-state index in [0.29, 0.717) is 17.8 Å². The smallest absolute Gasteiger partial charge is 0.281 e. The molecule has 2 bridgehead atoms. The third kappa shape index (κ3) is 0.996. The summed E-state index contributed by atoms with van der Waals surface area (Å²) in [4.78, 5) is 0. The van der Waals surface area contributed by atoms with E-state index in [0.717, 1.165) is 32.1 Å². The fourth-order valence-corrected chi connectivity index (χ4v) is 6.64. The van der Waals surface area contributed by atoms with Crippen molar-refractivity contribution in [3.8, 4) is 0 Å². The first kappa shape index (κ1) is 11.6. The van der Waals surface area contributed by atoms with Crippen molar-refractivity contribution in [1.82, 2.24) is 0 Å². The lowest BCUT2D eigenvalue weighted by molar-refractivity contribution is -0.278. The van der Waals surface area contributed by atoms with Gasteiger partial charge in [-0.05, 0) is 60.7 Å². The minimum Gasteiger partial charge on any atom is -0.281 e. The number of hydrogen-bond acceptors (Lipinski definition) is 2. The molecule has 2 atom stereocenters. The molecule has 4 saturated carbocycles. The van der Waals surface area contributed by atoms with E-state index in [9.17, 15) is 17.2 Å². The topological polar surface area (TPSA) is 54.4 Å². The molecule has 4 fully saturated rings. The first-order chi connectivity index (χ1) is 8.20. The van der Waals surface area contributed by atoms with Crippen molar-refractivity contribution in [2.24, 2.45) is 28.6 Å². The first-order valence-electron chi connectivity index (χ1n) is 6.55. The summed E-state index contributed by atoms with van der Waals surface area (Å²) in [6, 6.07) is 0. The standard InChI is InChI=1S/C12H16F2O3S/c13-12(14,18(15,16)17)6-10-4-8-1-7-2-9(5-10)11(8,10)3-7/h7-9H,1-6H2,(H,15,16,17). The highest BCUT2D eigenvalue weighted by Gasteiger charge is 2.82. The molecule has 0 aromatic rings. The van der Waals surface area contributed by atoms with E-state index >= 15 is 0 Å². The van der Waals surface area contributed by atoms with Gasteiger partial charge in [0.05, 0.1) is 0 Å². The Balaban J connectivity index is 1.65. The molecule has 2 unspecified atom stereocenters. The minimum absolute atomic E-state index is 0.0196. The monoisotopic (exact) mass is 278 g/mol. The lowest BCUT2D eigenvalue weighted by Gasteiger charge is -2.75. The van der Waals surface area contributed by atoms with Gasteiger partial charge in [0.15, 0.2) is 0 Å². The first-order valence-corrected chi connectivity index (χ1v) is 7.99. The largest absolute Gasteiger partial charge is 0.370 e. The van der Waals surface area contributed by atoms with Crippen molar-refractivity contribution in [3.05, 3.63) is 0 Å². The Morgan fingerprint density at radius 1 is 1.17 bits per heavy atom. The van der Waals surface area contributed by atoms with E-state index in [1.807, 2.05) is 0 Å². The van der Waals surface area contributed by atoms with Crippen LogP contribution in [0, 0.1) is 28.6 Å². The van der Waals surface area contributed by atoms with Gasteiger partial charge in [-0.2, -0.15) is 17.2 Å². The van der Waals surface area contributed by atoms with Crippen LogP contribution >= 0.6 is 0 Å². The van der Waals surface area contributed by atoms with Gasteiger partial charge in [-0.1, -0.05) is 0 Å². The minimum atomic E-state index is -5.27. The summed E-state index contributed by atoms with van der Waals surface area (Å²) in [5, 5.41) is -3.97. The van der Waals surface area contributed by atoms with Gasteiger partial charge >= 0.3 is 15.4 Å². The predicted molar refractivity (Wildman–Crippen MR) is 59.5 cm³/mol. The fraction of sp³-hybridized carbons (Fsp3) is 1.00. The molecule has 1 spiro atoms. The number of fused-ring (bicyclic) bond motifs is 1. The van der Waals surface area contributed by atoms with Crippen LogP contribution in [0.25, 0.3) is 0 Å². The van der Waals surface area contributed by atoms with Crippen LogP contribution in [0.1, 0.15) is 38.5 Å². The maximum absolute atomic E-state index is 13.6. The lowest BCUT2D eigenvalue weighted by Crippen LogP contribution is -2.69. The van der Waals surface area contributed by atoms with Gasteiger partial charge in [-0.15, -0.1) is 0 Å². The zero-order valence-corrected chi connectivity index (χ0v) is 10.7. The van der Waals surface area contributed by atoms with Gasteiger partial charge in [-0.25, -0.2) is 0 Å². The summed E-state index contributed by atoms with van der Waals surface area (Å²) in [5.41, 5.74) is -0.474. The quantitative estimate of drug-likeness (QED) is 0.807. The molecule has 4 rings (SSSR count). The maximum Gasteiger partial charge on any atom is 0.370 e.